The molecule has 1 N–H and O–H groups in total. The Labute approximate surface area is 264 Å². The van der Waals surface area contributed by atoms with Crippen molar-refractivity contribution >= 4 is 62.1 Å². The molecule has 0 radical (unpaired) electrons. The van der Waals surface area contributed by atoms with Gasteiger partial charge < -0.3 is 9.73 Å². The van der Waals surface area contributed by atoms with Crippen LogP contribution in [0.2, 0.25) is 0 Å². The Kier molecular flexibility index (Phi) is 6.86. The van der Waals surface area contributed by atoms with Crippen molar-refractivity contribution in [3.05, 3.63) is 182 Å². The van der Waals surface area contributed by atoms with E-state index in [4.69, 9.17) is 4.42 Å². The summed E-state index contributed by atoms with van der Waals surface area (Å²) in [6.07, 6.45) is 0. The van der Waals surface area contributed by atoms with Gasteiger partial charge in [-0.3, -0.25) is 0 Å². The maximum atomic E-state index is 6.41. The van der Waals surface area contributed by atoms with E-state index in [2.05, 4.69) is 181 Å². The second kappa shape index (κ2) is 11.5. The smallest absolute Gasteiger partial charge is 0.179 e. The topological polar surface area (TPSA) is 25.2 Å². The zero-order valence-electron chi connectivity index (χ0n) is 24.7. The van der Waals surface area contributed by atoms with Crippen LogP contribution in [0.1, 0.15) is 0 Å². The molecule has 0 aliphatic heterocycles. The normalized spacial score (nSPS) is 11.6. The molecule has 1 heterocycles. The van der Waals surface area contributed by atoms with Crippen LogP contribution in [-0.4, -0.2) is 8.07 Å². The van der Waals surface area contributed by atoms with Crippen molar-refractivity contribution in [2.45, 2.75) is 0 Å². The SMILES string of the molecule is c1ccc(-c2ccc3c(c2)oc2cc(Nc4cccc([Si](c5ccccc5)(c5ccccc5)c5ccccc5)c4)ccc23)cc1. The molecule has 0 unspecified atom stereocenters. The van der Waals surface area contributed by atoms with E-state index in [1.807, 2.05) is 6.07 Å². The highest BCUT2D eigenvalue weighted by atomic mass is 28.3. The quantitative estimate of drug-likeness (QED) is 0.148. The fraction of sp³-hybridized carbons (Fsp3) is 0. The third kappa shape index (κ3) is 4.84. The number of anilines is 2. The molecule has 0 spiro atoms. The molecule has 0 saturated heterocycles. The third-order valence-corrected chi connectivity index (χ3v) is 13.6. The van der Waals surface area contributed by atoms with Gasteiger partial charge in [0.05, 0.1) is 0 Å². The molecule has 3 heteroatoms. The van der Waals surface area contributed by atoms with Crippen LogP contribution >= 0.6 is 0 Å². The first-order chi connectivity index (χ1) is 22.3. The van der Waals surface area contributed by atoms with Gasteiger partial charge >= 0.3 is 0 Å². The summed E-state index contributed by atoms with van der Waals surface area (Å²) < 4.78 is 6.41. The Morgan fingerprint density at radius 1 is 0.356 bits per heavy atom. The van der Waals surface area contributed by atoms with Gasteiger partial charge in [0.1, 0.15) is 11.2 Å². The molecule has 0 aliphatic carbocycles. The number of rotatable bonds is 7. The van der Waals surface area contributed by atoms with Gasteiger partial charge in [0.25, 0.3) is 0 Å². The highest BCUT2D eigenvalue weighted by Crippen LogP contribution is 2.34. The zero-order chi connectivity index (χ0) is 30.1. The molecule has 2 nitrogen and oxygen atoms in total. The predicted octanol–water partition coefficient (Wildman–Crippen LogP) is 8.37. The number of hydrogen-bond acceptors (Lipinski definition) is 2. The molecule has 0 atom stereocenters. The van der Waals surface area contributed by atoms with E-state index in [-0.39, 0.29) is 0 Å². The lowest BCUT2D eigenvalue weighted by atomic mass is 10.0. The molecular formula is C42H31NOSi. The van der Waals surface area contributed by atoms with E-state index in [9.17, 15) is 0 Å². The van der Waals surface area contributed by atoms with Crippen molar-refractivity contribution in [2.24, 2.45) is 0 Å². The fourth-order valence-corrected chi connectivity index (χ4v) is 11.5. The van der Waals surface area contributed by atoms with Gasteiger partial charge in [-0.2, -0.15) is 0 Å². The van der Waals surface area contributed by atoms with Crippen molar-refractivity contribution in [1.82, 2.24) is 0 Å². The summed E-state index contributed by atoms with van der Waals surface area (Å²) in [6, 6.07) is 65.4. The largest absolute Gasteiger partial charge is 0.456 e. The summed E-state index contributed by atoms with van der Waals surface area (Å²) in [7, 11) is -2.61. The van der Waals surface area contributed by atoms with Gasteiger partial charge in [-0.1, -0.05) is 140 Å². The lowest BCUT2D eigenvalue weighted by Crippen LogP contribution is -2.74. The van der Waals surface area contributed by atoms with E-state index in [1.54, 1.807) is 0 Å². The minimum Gasteiger partial charge on any atom is -0.456 e. The summed E-state index contributed by atoms with van der Waals surface area (Å²) in [4.78, 5) is 0. The fourth-order valence-electron chi connectivity index (χ4n) is 6.73. The third-order valence-electron chi connectivity index (χ3n) is 8.79. The highest BCUT2D eigenvalue weighted by Gasteiger charge is 2.41. The molecule has 1 aromatic heterocycles. The van der Waals surface area contributed by atoms with Gasteiger partial charge in [-0.25, -0.2) is 0 Å². The molecule has 0 fully saturated rings. The van der Waals surface area contributed by atoms with Gasteiger partial charge in [0.15, 0.2) is 8.07 Å². The van der Waals surface area contributed by atoms with Crippen LogP contribution in [0.3, 0.4) is 0 Å². The van der Waals surface area contributed by atoms with Crippen LogP contribution in [0, 0.1) is 0 Å². The summed E-state index contributed by atoms with van der Waals surface area (Å²) in [5.41, 5.74) is 6.15. The Balaban J connectivity index is 1.21. The number of benzene rings is 7. The van der Waals surface area contributed by atoms with Gasteiger partial charge in [-0.15, -0.1) is 0 Å². The van der Waals surface area contributed by atoms with Gasteiger partial charge in [-0.05, 0) is 68.3 Å². The summed E-state index contributed by atoms with van der Waals surface area (Å²) >= 11 is 0. The second-order valence-electron chi connectivity index (χ2n) is 11.4. The molecule has 7 aromatic carbocycles. The maximum absolute atomic E-state index is 6.41. The summed E-state index contributed by atoms with van der Waals surface area (Å²) in [6.45, 7) is 0. The van der Waals surface area contributed by atoms with E-state index < -0.39 is 8.07 Å². The van der Waals surface area contributed by atoms with Gasteiger partial charge in [0.2, 0.25) is 0 Å². The van der Waals surface area contributed by atoms with E-state index in [0.29, 0.717) is 0 Å². The van der Waals surface area contributed by atoms with E-state index in [1.165, 1.54) is 26.3 Å². The lowest BCUT2D eigenvalue weighted by molar-refractivity contribution is 0.669. The minimum atomic E-state index is -2.61. The first kappa shape index (κ1) is 26.9. The molecule has 0 aliphatic rings. The molecule has 45 heavy (non-hydrogen) atoms. The van der Waals surface area contributed by atoms with E-state index in [0.717, 1.165) is 38.9 Å². The number of hydrogen-bond donors (Lipinski definition) is 1. The Morgan fingerprint density at radius 2 is 0.844 bits per heavy atom. The van der Waals surface area contributed by atoms with Crippen LogP contribution in [0.4, 0.5) is 11.4 Å². The Bertz CT molecular complexity index is 2130. The molecule has 8 aromatic rings. The molecule has 0 saturated carbocycles. The number of fused-ring (bicyclic) bond motifs is 3. The van der Waals surface area contributed by atoms with Crippen LogP contribution in [-0.2, 0) is 0 Å². The van der Waals surface area contributed by atoms with Crippen molar-refractivity contribution in [1.29, 1.82) is 0 Å². The summed E-state index contributed by atoms with van der Waals surface area (Å²) in [5.74, 6) is 0. The van der Waals surface area contributed by atoms with Crippen LogP contribution in [0.15, 0.2) is 186 Å². The second-order valence-corrected chi connectivity index (χ2v) is 15.3. The average Bonchev–Trinajstić information content (AvgIpc) is 3.48. The van der Waals surface area contributed by atoms with Crippen LogP contribution < -0.4 is 26.1 Å². The molecule has 8 rings (SSSR count). The van der Waals surface area contributed by atoms with Crippen molar-refractivity contribution < 1.29 is 4.42 Å². The minimum absolute atomic E-state index is 0.873. The number of nitrogens with one attached hydrogen (secondary N) is 1. The van der Waals surface area contributed by atoms with Crippen molar-refractivity contribution in [3.8, 4) is 11.1 Å². The zero-order valence-corrected chi connectivity index (χ0v) is 25.7. The Hall–Kier alpha value is -5.64. The molecular weight excluding hydrogens is 563 g/mol. The van der Waals surface area contributed by atoms with Crippen molar-refractivity contribution in [3.63, 3.8) is 0 Å². The van der Waals surface area contributed by atoms with Crippen LogP contribution in [0.25, 0.3) is 33.1 Å². The van der Waals surface area contributed by atoms with Gasteiger partial charge in [0, 0.05) is 28.2 Å². The lowest BCUT2D eigenvalue weighted by Gasteiger charge is -2.34. The van der Waals surface area contributed by atoms with Crippen molar-refractivity contribution in [2.75, 3.05) is 5.32 Å². The Morgan fingerprint density at radius 3 is 1.44 bits per heavy atom. The molecule has 214 valence electrons. The van der Waals surface area contributed by atoms with Crippen LogP contribution in [0.5, 0.6) is 0 Å². The standard InChI is InChI=1S/C42H31NOSi/c1-5-14-31(15-6-1)32-24-26-39-40-27-25-34(30-42(40)44-41(39)28-32)43-33-16-13-23-38(29-33)45(35-17-7-2-8-18-35,36-19-9-3-10-20-36)37-21-11-4-12-22-37/h1-30,43H. The first-order valence-corrected chi connectivity index (χ1v) is 17.3. The van der Waals surface area contributed by atoms with E-state index >= 15 is 0 Å². The highest BCUT2D eigenvalue weighted by molar-refractivity contribution is 7.19. The molecule has 0 bridgehead atoms. The average molecular weight is 594 g/mol. The summed E-state index contributed by atoms with van der Waals surface area (Å²) in [5, 5.41) is 11.4. The maximum Gasteiger partial charge on any atom is 0.179 e. The monoisotopic (exact) mass is 593 g/mol. The predicted molar refractivity (Wildman–Crippen MR) is 192 cm³/mol. The molecule has 0 amide bonds. The number of furan rings is 1. The first-order valence-electron chi connectivity index (χ1n) is 15.3.